The van der Waals surface area contributed by atoms with Gasteiger partial charge in [0.1, 0.15) is 5.82 Å². The van der Waals surface area contributed by atoms with E-state index < -0.39 is 28.2 Å². The van der Waals surface area contributed by atoms with Gasteiger partial charge in [-0.15, -0.1) is 0 Å². The number of nitro benzene ring substituents is 1. The molecule has 2 aliphatic heterocycles. The molecule has 2 aromatic rings. The fourth-order valence-electron chi connectivity index (χ4n) is 3.56. The third kappa shape index (κ3) is 3.66. The predicted molar refractivity (Wildman–Crippen MR) is 104 cm³/mol. The molecular formula is C18H18N6O5. The summed E-state index contributed by atoms with van der Waals surface area (Å²) in [4.78, 5) is 56.8. The molecule has 3 heterocycles. The lowest BCUT2D eigenvalue weighted by atomic mass is 9.92. The van der Waals surface area contributed by atoms with Gasteiger partial charge >= 0.3 is 0 Å². The molecule has 29 heavy (non-hydrogen) atoms. The molecule has 0 aliphatic carbocycles. The van der Waals surface area contributed by atoms with Crippen LogP contribution in [-0.4, -0.2) is 39.8 Å². The molecule has 2 amide bonds. The molecular weight excluding hydrogens is 380 g/mol. The van der Waals surface area contributed by atoms with Crippen molar-refractivity contribution in [1.29, 1.82) is 0 Å². The summed E-state index contributed by atoms with van der Waals surface area (Å²) in [5.41, 5.74) is -0.153. The van der Waals surface area contributed by atoms with Crippen LogP contribution in [-0.2, 0) is 9.59 Å². The number of nitro groups is 1. The van der Waals surface area contributed by atoms with Crippen molar-refractivity contribution in [3.05, 3.63) is 50.3 Å². The van der Waals surface area contributed by atoms with Gasteiger partial charge in [0.2, 0.25) is 17.8 Å². The molecule has 4 rings (SSSR count). The minimum absolute atomic E-state index is 0.0933. The van der Waals surface area contributed by atoms with Crippen LogP contribution in [0.2, 0.25) is 0 Å². The van der Waals surface area contributed by atoms with Gasteiger partial charge < -0.3 is 15.5 Å². The van der Waals surface area contributed by atoms with Crippen LogP contribution in [0.4, 0.5) is 23.1 Å². The molecule has 0 radical (unpaired) electrons. The first-order valence-electron chi connectivity index (χ1n) is 9.16. The second-order valence-electron chi connectivity index (χ2n) is 6.94. The fourth-order valence-corrected chi connectivity index (χ4v) is 3.56. The molecule has 1 aromatic heterocycles. The van der Waals surface area contributed by atoms with Crippen LogP contribution < -0.4 is 21.1 Å². The molecule has 0 saturated carbocycles. The number of anilines is 3. The molecule has 11 nitrogen and oxygen atoms in total. The van der Waals surface area contributed by atoms with Crippen molar-refractivity contribution in [2.45, 2.75) is 25.2 Å². The van der Waals surface area contributed by atoms with E-state index in [2.05, 4.69) is 20.6 Å². The number of carbonyl (C=O) groups excluding carboxylic acids is 2. The molecule has 2 aliphatic rings. The molecule has 11 heteroatoms. The Kier molecular flexibility index (Phi) is 4.71. The van der Waals surface area contributed by atoms with E-state index in [0.29, 0.717) is 11.6 Å². The fraction of sp³-hybridized carbons (Fsp3) is 0.333. The minimum atomic E-state index is -1.02. The van der Waals surface area contributed by atoms with Crippen molar-refractivity contribution in [2.75, 3.05) is 28.6 Å². The van der Waals surface area contributed by atoms with Crippen LogP contribution in [0.5, 0.6) is 0 Å². The molecule has 0 unspecified atom stereocenters. The number of fused-ring (bicyclic) bond motifs is 1. The third-order valence-electron chi connectivity index (χ3n) is 5.01. The van der Waals surface area contributed by atoms with Crippen LogP contribution in [0.25, 0.3) is 0 Å². The number of benzene rings is 1. The first-order valence-corrected chi connectivity index (χ1v) is 9.16. The Hall–Kier alpha value is -3.76. The van der Waals surface area contributed by atoms with Gasteiger partial charge in [0.25, 0.3) is 11.2 Å². The Bertz CT molecular complexity index is 1040. The van der Waals surface area contributed by atoms with Gasteiger partial charge in [-0.2, -0.15) is 4.98 Å². The largest absolute Gasteiger partial charge is 0.342 e. The van der Waals surface area contributed by atoms with Gasteiger partial charge in [-0.25, -0.2) is 0 Å². The predicted octanol–water partition coefficient (Wildman–Crippen LogP) is 1.34. The number of H-pyrrole nitrogens is 1. The quantitative estimate of drug-likeness (QED) is 0.519. The normalized spacial score (nSPS) is 18.1. The number of amides is 2. The second-order valence-corrected chi connectivity index (χ2v) is 6.94. The number of rotatable bonds is 4. The molecule has 150 valence electrons. The van der Waals surface area contributed by atoms with Crippen LogP contribution >= 0.6 is 0 Å². The molecule has 3 N–H and O–H groups in total. The van der Waals surface area contributed by atoms with E-state index in [1.54, 1.807) is 0 Å². The highest BCUT2D eigenvalue weighted by Gasteiger charge is 2.35. The number of aromatic nitrogens is 2. The highest BCUT2D eigenvalue weighted by Crippen LogP contribution is 2.30. The summed E-state index contributed by atoms with van der Waals surface area (Å²) in [6, 6.07) is 5.29. The highest BCUT2D eigenvalue weighted by molar-refractivity contribution is 6.04. The summed E-state index contributed by atoms with van der Waals surface area (Å²) in [5, 5.41) is 15.9. The zero-order valence-electron chi connectivity index (χ0n) is 15.3. The Balaban J connectivity index is 1.61. The molecule has 0 spiro atoms. The summed E-state index contributed by atoms with van der Waals surface area (Å²) < 4.78 is 0. The summed E-state index contributed by atoms with van der Waals surface area (Å²) in [5.74, 6) is -1.51. The SMILES string of the molecule is O=C1C[C@@H](C(=O)Nc2ccc([N+](=O)[O-])cc2)c2c(nc(N3CCCC3)[nH]c2=O)N1. The van der Waals surface area contributed by atoms with Gasteiger partial charge in [0.05, 0.1) is 16.4 Å². The maximum absolute atomic E-state index is 12.8. The Morgan fingerprint density at radius 2 is 1.90 bits per heavy atom. The first-order chi connectivity index (χ1) is 13.9. The highest BCUT2D eigenvalue weighted by atomic mass is 16.6. The van der Waals surface area contributed by atoms with Crippen molar-refractivity contribution in [1.82, 2.24) is 9.97 Å². The van der Waals surface area contributed by atoms with E-state index in [1.807, 2.05) is 4.90 Å². The average molecular weight is 398 g/mol. The second kappa shape index (κ2) is 7.34. The van der Waals surface area contributed by atoms with Crippen molar-refractivity contribution in [3.8, 4) is 0 Å². The van der Waals surface area contributed by atoms with E-state index in [1.165, 1.54) is 24.3 Å². The monoisotopic (exact) mass is 398 g/mol. The minimum Gasteiger partial charge on any atom is -0.342 e. The van der Waals surface area contributed by atoms with Crippen LogP contribution in [0, 0.1) is 10.1 Å². The zero-order valence-corrected chi connectivity index (χ0v) is 15.3. The standard InChI is InChI=1S/C18H18N6O5/c25-13-9-12(16(26)19-10-3-5-11(6-4-10)24(28)29)14-15(20-13)21-18(22-17(14)27)23-7-1-2-8-23/h3-6,12H,1-2,7-9H2,(H,19,26)(H2,20,21,22,25,27)/t12-/m1/s1. The van der Waals surface area contributed by atoms with Crippen LogP contribution in [0.3, 0.4) is 0 Å². The Labute approximate surface area is 164 Å². The van der Waals surface area contributed by atoms with Gasteiger partial charge in [0, 0.05) is 37.3 Å². The van der Waals surface area contributed by atoms with E-state index in [0.717, 1.165) is 25.9 Å². The van der Waals surface area contributed by atoms with E-state index >= 15 is 0 Å². The summed E-state index contributed by atoms with van der Waals surface area (Å²) >= 11 is 0. The third-order valence-corrected chi connectivity index (χ3v) is 5.01. The number of aromatic amines is 1. The smallest absolute Gasteiger partial charge is 0.269 e. The number of nitrogens with zero attached hydrogens (tertiary/aromatic N) is 3. The number of non-ortho nitro benzene ring substituents is 1. The lowest BCUT2D eigenvalue weighted by Gasteiger charge is -2.25. The van der Waals surface area contributed by atoms with E-state index in [-0.39, 0.29) is 23.5 Å². The van der Waals surface area contributed by atoms with Crippen molar-refractivity contribution >= 4 is 35.0 Å². The number of carbonyl (C=O) groups is 2. The maximum atomic E-state index is 12.8. The number of nitrogens with one attached hydrogen (secondary N) is 3. The van der Waals surface area contributed by atoms with Crippen LogP contribution in [0.1, 0.15) is 30.7 Å². The van der Waals surface area contributed by atoms with E-state index in [4.69, 9.17) is 0 Å². The lowest BCUT2D eigenvalue weighted by Crippen LogP contribution is -2.37. The zero-order chi connectivity index (χ0) is 20.5. The molecule has 0 bridgehead atoms. The van der Waals surface area contributed by atoms with Crippen molar-refractivity contribution in [2.24, 2.45) is 0 Å². The molecule has 1 aromatic carbocycles. The summed E-state index contributed by atoms with van der Waals surface area (Å²) in [6.07, 6.45) is 1.79. The number of hydrogen-bond acceptors (Lipinski definition) is 7. The van der Waals surface area contributed by atoms with Gasteiger partial charge in [0.15, 0.2) is 0 Å². The van der Waals surface area contributed by atoms with Crippen molar-refractivity contribution in [3.63, 3.8) is 0 Å². The Morgan fingerprint density at radius 3 is 2.55 bits per heavy atom. The van der Waals surface area contributed by atoms with E-state index in [9.17, 15) is 24.5 Å². The van der Waals surface area contributed by atoms with Gasteiger partial charge in [-0.05, 0) is 25.0 Å². The lowest BCUT2D eigenvalue weighted by molar-refractivity contribution is -0.384. The number of hydrogen-bond donors (Lipinski definition) is 3. The van der Waals surface area contributed by atoms with Gasteiger partial charge in [-0.3, -0.25) is 29.5 Å². The topological polar surface area (TPSA) is 150 Å². The average Bonchev–Trinajstić information content (AvgIpc) is 3.22. The van der Waals surface area contributed by atoms with Crippen LogP contribution in [0.15, 0.2) is 29.1 Å². The summed E-state index contributed by atoms with van der Waals surface area (Å²) in [6.45, 7) is 1.53. The molecule has 1 fully saturated rings. The molecule has 1 saturated heterocycles. The first kappa shape index (κ1) is 18.6. The van der Waals surface area contributed by atoms with Gasteiger partial charge in [-0.1, -0.05) is 0 Å². The maximum Gasteiger partial charge on any atom is 0.269 e. The molecule has 1 atom stereocenters. The van der Waals surface area contributed by atoms with Crippen molar-refractivity contribution < 1.29 is 14.5 Å². The summed E-state index contributed by atoms with van der Waals surface area (Å²) in [7, 11) is 0. The Morgan fingerprint density at radius 1 is 1.21 bits per heavy atom.